The van der Waals surface area contributed by atoms with Gasteiger partial charge in [0.05, 0.1) is 6.61 Å². The summed E-state index contributed by atoms with van der Waals surface area (Å²) in [6.45, 7) is 12.3. The first kappa shape index (κ1) is 16.7. The Labute approximate surface area is 110 Å². The second-order valence-electron chi connectivity index (χ2n) is 5.25. The Morgan fingerprint density at radius 1 is 1.33 bits per heavy atom. The largest absolute Gasteiger partial charge is 0.463 e. The van der Waals surface area contributed by atoms with E-state index in [4.69, 9.17) is 4.74 Å². The maximum Gasteiger partial charge on any atom is 0.333 e. The van der Waals surface area contributed by atoms with Crippen LogP contribution in [0.25, 0.3) is 0 Å². The predicted molar refractivity (Wildman–Crippen MR) is 72.1 cm³/mol. The molecule has 1 N–H and O–H groups in total. The molecule has 0 bridgehead atoms. The Morgan fingerprint density at radius 2 is 1.94 bits per heavy atom. The van der Waals surface area contributed by atoms with Crippen molar-refractivity contribution in [1.29, 1.82) is 0 Å². The molecule has 0 unspecified atom stereocenters. The van der Waals surface area contributed by atoms with Gasteiger partial charge in [0.1, 0.15) is 0 Å². The predicted octanol–water partition coefficient (Wildman–Crippen LogP) is 2.44. The molecule has 0 fully saturated rings. The van der Waals surface area contributed by atoms with Gasteiger partial charge in [-0.2, -0.15) is 0 Å². The molecule has 0 aromatic rings. The third-order valence-electron chi connectivity index (χ3n) is 2.66. The van der Waals surface area contributed by atoms with E-state index in [0.717, 1.165) is 12.8 Å². The summed E-state index contributed by atoms with van der Waals surface area (Å²) in [6, 6.07) is 0. The van der Waals surface area contributed by atoms with Gasteiger partial charge in [-0.05, 0) is 31.6 Å². The van der Waals surface area contributed by atoms with E-state index in [1.807, 2.05) is 0 Å². The summed E-state index contributed by atoms with van der Waals surface area (Å²) in [4.78, 5) is 22.2. The number of hydrogen-bond donors (Lipinski definition) is 1. The highest BCUT2D eigenvalue weighted by atomic mass is 16.5. The highest BCUT2D eigenvalue weighted by molar-refractivity contribution is 5.87. The molecule has 0 saturated heterocycles. The lowest BCUT2D eigenvalue weighted by Gasteiger charge is -2.25. The highest BCUT2D eigenvalue weighted by Crippen LogP contribution is 2.30. The van der Waals surface area contributed by atoms with Crippen molar-refractivity contribution in [2.45, 2.75) is 47.0 Å². The van der Waals surface area contributed by atoms with Crippen LogP contribution in [0.3, 0.4) is 0 Å². The van der Waals surface area contributed by atoms with E-state index in [1.165, 1.54) is 6.92 Å². The summed E-state index contributed by atoms with van der Waals surface area (Å²) in [7, 11) is 0. The van der Waals surface area contributed by atoms with Crippen molar-refractivity contribution in [3.8, 4) is 0 Å². The minimum atomic E-state index is -0.313. The fourth-order valence-electron chi connectivity index (χ4n) is 1.80. The monoisotopic (exact) mass is 255 g/mol. The molecular weight excluding hydrogens is 230 g/mol. The molecule has 0 saturated carbocycles. The molecule has 0 aliphatic rings. The standard InChI is InChI=1S/C14H25NO3/c1-6-18-13(17)11(2)10-14(4,5)8-7-9-15-12(3)16/h2,6-10H2,1,3-5H3,(H,15,16). The lowest BCUT2D eigenvalue weighted by atomic mass is 9.82. The number of ether oxygens (including phenoxy) is 1. The number of hydrogen-bond acceptors (Lipinski definition) is 3. The Hall–Kier alpha value is -1.32. The fourth-order valence-corrected chi connectivity index (χ4v) is 1.80. The normalized spacial score (nSPS) is 10.9. The van der Waals surface area contributed by atoms with Crippen LogP contribution in [0.5, 0.6) is 0 Å². The van der Waals surface area contributed by atoms with Gasteiger partial charge in [-0.15, -0.1) is 0 Å². The molecule has 104 valence electrons. The van der Waals surface area contributed by atoms with Gasteiger partial charge < -0.3 is 10.1 Å². The van der Waals surface area contributed by atoms with Crippen LogP contribution in [0, 0.1) is 5.41 Å². The minimum absolute atomic E-state index is 0.0104. The third kappa shape index (κ3) is 7.87. The molecule has 0 aliphatic heterocycles. The minimum Gasteiger partial charge on any atom is -0.463 e. The molecule has 1 amide bonds. The maximum absolute atomic E-state index is 11.5. The number of esters is 1. The molecule has 0 aromatic carbocycles. The van der Waals surface area contributed by atoms with Gasteiger partial charge in [0.15, 0.2) is 0 Å². The molecule has 0 spiro atoms. The molecule has 0 heterocycles. The number of nitrogens with one attached hydrogen (secondary N) is 1. The molecule has 18 heavy (non-hydrogen) atoms. The summed E-state index contributed by atoms with van der Waals surface area (Å²) in [5, 5.41) is 2.76. The van der Waals surface area contributed by atoms with Gasteiger partial charge in [-0.25, -0.2) is 4.79 Å². The van der Waals surface area contributed by atoms with E-state index in [9.17, 15) is 9.59 Å². The van der Waals surface area contributed by atoms with Crippen LogP contribution >= 0.6 is 0 Å². The topological polar surface area (TPSA) is 55.4 Å². The molecule has 4 heteroatoms. The second kappa shape index (κ2) is 7.90. The molecular formula is C14H25NO3. The Balaban J connectivity index is 4.02. The van der Waals surface area contributed by atoms with Crippen molar-refractivity contribution < 1.29 is 14.3 Å². The Kier molecular flexibility index (Phi) is 7.32. The van der Waals surface area contributed by atoms with Crippen molar-refractivity contribution in [3.05, 3.63) is 12.2 Å². The highest BCUT2D eigenvalue weighted by Gasteiger charge is 2.22. The van der Waals surface area contributed by atoms with Crippen molar-refractivity contribution in [2.75, 3.05) is 13.2 Å². The molecule has 0 radical (unpaired) electrons. The van der Waals surface area contributed by atoms with Crippen LogP contribution in [0.2, 0.25) is 0 Å². The van der Waals surface area contributed by atoms with E-state index >= 15 is 0 Å². The zero-order chi connectivity index (χ0) is 14.2. The van der Waals surface area contributed by atoms with E-state index in [1.54, 1.807) is 6.92 Å². The Morgan fingerprint density at radius 3 is 2.44 bits per heavy atom. The SMILES string of the molecule is C=C(CC(C)(C)CCCNC(C)=O)C(=O)OCC. The molecule has 0 aromatic heterocycles. The van der Waals surface area contributed by atoms with Crippen LogP contribution in [0.1, 0.15) is 47.0 Å². The van der Waals surface area contributed by atoms with Crippen LogP contribution in [0.15, 0.2) is 12.2 Å². The number of amides is 1. The van der Waals surface area contributed by atoms with E-state index < -0.39 is 0 Å². The maximum atomic E-state index is 11.5. The summed E-state index contributed by atoms with van der Waals surface area (Å²) >= 11 is 0. The number of rotatable bonds is 8. The lowest BCUT2D eigenvalue weighted by molar-refractivity contribution is -0.138. The first-order valence-corrected chi connectivity index (χ1v) is 6.38. The van der Waals surface area contributed by atoms with Gasteiger partial charge in [-0.1, -0.05) is 20.4 Å². The van der Waals surface area contributed by atoms with Crippen LogP contribution in [-0.4, -0.2) is 25.0 Å². The number of carbonyl (C=O) groups excluding carboxylic acids is 2. The van der Waals surface area contributed by atoms with E-state index in [0.29, 0.717) is 25.1 Å². The first-order chi connectivity index (χ1) is 8.28. The lowest BCUT2D eigenvalue weighted by Crippen LogP contribution is -2.23. The second-order valence-corrected chi connectivity index (χ2v) is 5.25. The summed E-state index contributed by atoms with van der Waals surface area (Å²) in [5.41, 5.74) is 0.504. The van der Waals surface area contributed by atoms with Gasteiger partial charge in [0, 0.05) is 19.0 Å². The number of carbonyl (C=O) groups is 2. The van der Waals surface area contributed by atoms with Crippen molar-refractivity contribution in [3.63, 3.8) is 0 Å². The average molecular weight is 255 g/mol. The summed E-state index contributed by atoms with van der Waals surface area (Å²) in [6.07, 6.45) is 2.43. The van der Waals surface area contributed by atoms with Gasteiger partial charge >= 0.3 is 5.97 Å². The van der Waals surface area contributed by atoms with Crippen LogP contribution < -0.4 is 5.32 Å². The van der Waals surface area contributed by atoms with Crippen molar-refractivity contribution in [2.24, 2.45) is 5.41 Å². The zero-order valence-corrected chi connectivity index (χ0v) is 12.0. The quantitative estimate of drug-likeness (QED) is 0.412. The average Bonchev–Trinajstić information content (AvgIpc) is 2.24. The van der Waals surface area contributed by atoms with Crippen molar-refractivity contribution >= 4 is 11.9 Å². The molecule has 4 nitrogen and oxygen atoms in total. The summed E-state index contributed by atoms with van der Waals surface area (Å²) < 4.78 is 4.91. The van der Waals surface area contributed by atoms with Gasteiger partial charge in [0.2, 0.25) is 5.91 Å². The van der Waals surface area contributed by atoms with E-state index in [2.05, 4.69) is 25.7 Å². The molecule has 0 atom stereocenters. The van der Waals surface area contributed by atoms with Gasteiger partial charge in [-0.3, -0.25) is 4.79 Å². The van der Waals surface area contributed by atoms with Gasteiger partial charge in [0.25, 0.3) is 0 Å². The zero-order valence-electron chi connectivity index (χ0n) is 12.0. The molecule has 0 aliphatic carbocycles. The molecule has 0 rings (SSSR count). The van der Waals surface area contributed by atoms with E-state index in [-0.39, 0.29) is 17.3 Å². The van der Waals surface area contributed by atoms with Crippen LogP contribution in [-0.2, 0) is 14.3 Å². The van der Waals surface area contributed by atoms with Crippen LogP contribution in [0.4, 0.5) is 0 Å². The smallest absolute Gasteiger partial charge is 0.333 e. The van der Waals surface area contributed by atoms with Crippen molar-refractivity contribution in [1.82, 2.24) is 5.32 Å². The fraction of sp³-hybridized carbons (Fsp3) is 0.714. The summed E-state index contributed by atoms with van der Waals surface area (Å²) in [5.74, 6) is -0.323. The first-order valence-electron chi connectivity index (χ1n) is 6.38. The third-order valence-corrected chi connectivity index (χ3v) is 2.66. The Bertz CT molecular complexity index is 308.